The highest BCUT2D eigenvalue weighted by Crippen LogP contribution is 2.41. The van der Waals surface area contributed by atoms with Gasteiger partial charge in [-0.3, -0.25) is 4.79 Å². The van der Waals surface area contributed by atoms with E-state index >= 15 is 0 Å². The molecular formula is C22H21NO. The number of Topliss-reactive ketones (excluding diaryl/α,β-unsaturated/α-hetero) is 1. The zero-order chi connectivity index (χ0) is 16.7. The molecule has 0 N–H and O–H groups in total. The molecule has 3 aromatic rings. The van der Waals surface area contributed by atoms with Gasteiger partial charge in [0.1, 0.15) is 5.78 Å². The maximum atomic E-state index is 12.5. The molecular weight excluding hydrogens is 294 g/mol. The van der Waals surface area contributed by atoms with E-state index in [-0.39, 0.29) is 5.92 Å². The maximum absolute atomic E-state index is 12.5. The predicted molar refractivity (Wildman–Crippen MR) is 99.9 cm³/mol. The highest BCUT2D eigenvalue weighted by atomic mass is 16.1. The molecule has 0 aromatic heterocycles. The summed E-state index contributed by atoms with van der Waals surface area (Å²) in [5.41, 5.74) is 4.97. The van der Waals surface area contributed by atoms with Crippen LogP contribution in [-0.2, 0) is 11.2 Å². The van der Waals surface area contributed by atoms with Gasteiger partial charge in [-0.1, -0.05) is 54.6 Å². The van der Waals surface area contributed by atoms with E-state index in [9.17, 15) is 4.79 Å². The zero-order valence-corrected chi connectivity index (χ0v) is 14.1. The normalized spacial score (nSPS) is 16.9. The Morgan fingerprint density at radius 2 is 1.58 bits per heavy atom. The molecule has 0 bridgehead atoms. The minimum Gasteiger partial charge on any atom is -0.377 e. The minimum absolute atomic E-state index is 0.158. The van der Waals surface area contributed by atoms with Crippen LogP contribution < -0.4 is 4.90 Å². The molecule has 0 heterocycles. The average Bonchev–Trinajstić information content (AvgIpc) is 2.61. The van der Waals surface area contributed by atoms with E-state index in [1.54, 1.807) is 0 Å². The summed E-state index contributed by atoms with van der Waals surface area (Å²) >= 11 is 0. The first-order chi connectivity index (χ1) is 11.6. The van der Waals surface area contributed by atoms with Gasteiger partial charge in [0.15, 0.2) is 0 Å². The summed E-state index contributed by atoms with van der Waals surface area (Å²) in [6, 6.07) is 21.2. The molecule has 2 heteroatoms. The molecule has 4 rings (SSSR count). The van der Waals surface area contributed by atoms with E-state index in [4.69, 9.17) is 0 Å². The van der Waals surface area contributed by atoms with E-state index < -0.39 is 0 Å². The maximum Gasteiger partial charge on any atom is 0.138 e. The molecule has 0 aliphatic heterocycles. The van der Waals surface area contributed by atoms with Gasteiger partial charge in [0.25, 0.3) is 0 Å². The monoisotopic (exact) mass is 315 g/mol. The molecule has 2 nitrogen and oxygen atoms in total. The molecule has 1 aliphatic carbocycles. The van der Waals surface area contributed by atoms with E-state index in [1.807, 2.05) is 6.07 Å². The fraction of sp³-hybridized carbons (Fsp3) is 0.227. The highest BCUT2D eigenvalue weighted by molar-refractivity contribution is 6.01. The Bertz CT molecular complexity index is 912. The van der Waals surface area contributed by atoms with Crippen LogP contribution in [0.1, 0.15) is 29.0 Å². The first kappa shape index (κ1) is 14.9. The van der Waals surface area contributed by atoms with Crippen molar-refractivity contribution in [3.05, 3.63) is 77.4 Å². The third-order valence-corrected chi connectivity index (χ3v) is 5.03. The Morgan fingerprint density at radius 3 is 2.29 bits per heavy atom. The Labute approximate surface area is 142 Å². The summed E-state index contributed by atoms with van der Waals surface area (Å²) in [7, 11) is 4.17. The van der Waals surface area contributed by atoms with Crippen LogP contribution >= 0.6 is 0 Å². The summed E-state index contributed by atoms with van der Waals surface area (Å²) in [6.07, 6.45) is 1.15. The average molecular weight is 315 g/mol. The molecule has 1 aliphatic rings. The van der Waals surface area contributed by atoms with Gasteiger partial charge in [-0.05, 0) is 28.1 Å². The van der Waals surface area contributed by atoms with Crippen molar-refractivity contribution >= 4 is 22.2 Å². The largest absolute Gasteiger partial charge is 0.377 e. The van der Waals surface area contributed by atoms with Crippen LogP contribution in [0.2, 0.25) is 0 Å². The van der Waals surface area contributed by atoms with Gasteiger partial charge < -0.3 is 4.90 Å². The Kier molecular flexibility index (Phi) is 3.61. The van der Waals surface area contributed by atoms with E-state index in [0.29, 0.717) is 18.6 Å². The van der Waals surface area contributed by atoms with Crippen molar-refractivity contribution in [3.8, 4) is 0 Å². The van der Waals surface area contributed by atoms with Crippen LogP contribution in [0, 0.1) is 0 Å². The number of rotatable bonds is 2. The van der Waals surface area contributed by atoms with Crippen molar-refractivity contribution in [1.82, 2.24) is 0 Å². The first-order valence-corrected chi connectivity index (χ1v) is 8.43. The summed E-state index contributed by atoms with van der Waals surface area (Å²) in [4.78, 5) is 14.6. The predicted octanol–water partition coefficient (Wildman–Crippen LogP) is 4.55. The lowest BCUT2D eigenvalue weighted by atomic mass is 9.76. The van der Waals surface area contributed by atoms with Crippen molar-refractivity contribution in [2.24, 2.45) is 0 Å². The second kappa shape index (κ2) is 5.79. The number of hydrogen-bond acceptors (Lipinski definition) is 2. The minimum atomic E-state index is 0.158. The molecule has 0 amide bonds. The summed E-state index contributed by atoms with van der Waals surface area (Å²) in [5.74, 6) is 0.491. The van der Waals surface area contributed by atoms with Crippen molar-refractivity contribution in [2.75, 3.05) is 19.0 Å². The number of nitrogens with zero attached hydrogens (tertiary/aromatic N) is 1. The molecule has 3 aromatic carbocycles. The van der Waals surface area contributed by atoms with Crippen LogP contribution in [-0.4, -0.2) is 19.9 Å². The van der Waals surface area contributed by atoms with Crippen LogP contribution in [0.3, 0.4) is 0 Å². The van der Waals surface area contributed by atoms with Crippen LogP contribution in [0.5, 0.6) is 0 Å². The lowest BCUT2D eigenvalue weighted by Crippen LogP contribution is -2.21. The SMILES string of the molecule is CN(C)c1cc2c(c3ccccc13)CC(=O)CC2c1ccccc1. The zero-order valence-electron chi connectivity index (χ0n) is 14.1. The van der Waals surface area contributed by atoms with Gasteiger partial charge in [0, 0.05) is 43.9 Å². The Morgan fingerprint density at radius 1 is 0.917 bits per heavy atom. The number of carbonyl (C=O) groups excluding carboxylic acids is 1. The van der Waals surface area contributed by atoms with Gasteiger partial charge in [-0.15, -0.1) is 0 Å². The summed E-state index contributed by atoms with van der Waals surface area (Å²) in [5, 5.41) is 2.44. The van der Waals surface area contributed by atoms with Gasteiger partial charge in [0.2, 0.25) is 0 Å². The molecule has 0 radical (unpaired) electrons. The van der Waals surface area contributed by atoms with Crippen molar-refractivity contribution in [3.63, 3.8) is 0 Å². The number of benzene rings is 3. The summed E-state index contributed by atoms with van der Waals surface area (Å²) < 4.78 is 0. The Balaban J connectivity index is 2.02. The number of ketones is 1. The lowest BCUT2D eigenvalue weighted by Gasteiger charge is -2.29. The van der Waals surface area contributed by atoms with Gasteiger partial charge in [-0.2, -0.15) is 0 Å². The number of anilines is 1. The van der Waals surface area contributed by atoms with E-state index in [0.717, 1.165) is 0 Å². The number of hydrogen-bond donors (Lipinski definition) is 0. The van der Waals surface area contributed by atoms with Crippen molar-refractivity contribution in [2.45, 2.75) is 18.8 Å². The number of fused-ring (bicyclic) bond motifs is 3. The van der Waals surface area contributed by atoms with E-state index in [2.05, 4.69) is 73.6 Å². The standard InChI is InChI=1S/C22H21NO/c1-23(2)22-14-21-19(15-8-4-3-5-9-15)12-16(24)13-20(21)17-10-6-7-11-18(17)22/h3-11,14,19H,12-13H2,1-2H3. The first-order valence-electron chi connectivity index (χ1n) is 8.43. The molecule has 0 saturated heterocycles. The summed E-state index contributed by atoms with van der Waals surface area (Å²) in [6.45, 7) is 0. The fourth-order valence-corrected chi connectivity index (χ4v) is 3.91. The lowest BCUT2D eigenvalue weighted by molar-refractivity contribution is -0.119. The molecule has 1 unspecified atom stereocenters. The van der Waals surface area contributed by atoms with Crippen LogP contribution in [0.25, 0.3) is 10.8 Å². The van der Waals surface area contributed by atoms with Crippen LogP contribution in [0.4, 0.5) is 5.69 Å². The van der Waals surface area contributed by atoms with Gasteiger partial charge >= 0.3 is 0 Å². The quantitative estimate of drug-likeness (QED) is 0.691. The fourth-order valence-electron chi connectivity index (χ4n) is 3.91. The molecule has 24 heavy (non-hydrogen) atoms. The third-order valence-electron chi connectivity index (χ3n) is 5.03. The topological polar surface area (TPSA) is 20.3 Å². The molecule has 1 atom stereocenters. The molecule has 120 valence electrons. The van der Waals surface area contributed by atoms with Gasteiger partial charge in [-0.25, -0.2) is 0 Å². The second-order valence-corrected chi connectivity index (χ2v) is 6.79. The smallest absolute Gasteiger partial charge is 0.138 e. The van der Waals surface area contributed by atoms with Crippen molar-refractivity contribution in [1.29, 1.82) is 0 Å². The number of carbonyl (C=O) groups is 1. The highest BCUT2D eigenvalue weighted by Gasteiger charge is 2.29. The molecule has 0 saturated carbocycles. The molecule has 0 spiro atoms. The van der Waals surface area contributed by atoms with Crippen LogP contribution in [0.15, 0.2) is 60.7 Å². The van der Waals surface area contributed by atoms with Gasteiger partial charge in [0.05, 0.1) is 0 Å². The van der Waals surface area contributed by atoms with Crippen molar-refractivity contribution < 1.29 is 4.79 Å². The third kappa shape index (κ3) is 2.39. The second-order valence-electron chi connectivity index (χ2n) is 6.79. The molecule has 0 fully saturated rings. The van der Waals surface area contributed by atoms with E-state index in [1.165, 1.54) is 33.2 Å². The Hall–Kier alpha value is -2.61.